The zero-order valence-electron chi connectivity index (χ0n) is 7.89. The van der Waals surface area contributed by atoms with Gasteiger partial charge in [-0.05, 0) is 17.7 Å². The van der Waals surface area contributed by atoms with E-state index in [1.807, 2.05) is 6.07 Å². The summed E-state index contributed by atoms with van der Waals surface area (Å²) < 4.78 is 12.8. The quantitative estimate of drug-likeness (QED) is 0.758. The summed E-state index contributed by atoms with van der Waals surface area (Å²) in [6, 6.07) is 4.84. The lowest BCUT2D eigenvalue weighted by molar-refractivity contribution is 0.281. The Kier molecular flexibility index (Phi) is 2.69. The van der Waals surface area contributed by atoms with E-state index >= 15 is 0 Å². The first-order chi connectivity index (χ1) is 7.31. The zero-order chi connectivity index (χ0) is 10.7. The highest BCUT2D eigenvalue weighted by Crippen LogP contribution is 2.22. The van der Waals surface area contributed by atoms with E-state index in [1.54, 1.807) is 18.5 Å². The van der Waals surface area contributed by atoms with Gasteiger partial charge < -0.3 is 5.11 Å². The molecule has 2 aromatic heterocycles. The monoisotopic (exact) mass is 204 g/mol. The van der Waals surface area contributed by atoms with Gasteiger partial charge >= 0.3 is 0 Å². The first-order valence-electron chi connectivity index (χ1n) is 4.47. The van der Waals surface area contributed by atoms with E-state index in [0.717, 1.165) is 5.56 Å². The second kappa shape index (κ2) is 4.14. The van der Waals surface area contributed by atoms with Crippen molar-refractivity contribution in [2.45, 2.75) is 6.61 Å². The Labute approximate surface area is 86.3 Å². The largest absolute Gasteiger partial charge is 0.392 e. The van der Waals surface area contributed by atoms with Crippen molar-refractivity contribution < 1.29 is 9.50 Å². The molecule has 0 fully saturated rings. The molecule has 2 aromatic rings. The van der Waals surface area contributed by atoms with Crippen LogP contribution in [-0.4, -0.2) is 15.1 Å². The van der Waals surface area contributed by atoms with Gasteiger partial charge in [-0.1, -0.05) is 6.07 Å². The van der Waals surface area contributed by atoms with E-state index in [2.05, 4.69) is 9.97 Å². The van der Waals surface area contributed by atoms with Gasteiger partial charge in [-0.25, -0.2) is 4.98 Å². The van der Waals surface area contributed by atoms with Crippen LogP contribution in [0.25, 0.3) is 11.1 Å². The molecule has 4 heteroatoms. The molecular formula is C11H9FN2O. The molecule has 0 unspecified atom stereocenters. The van der Waals surface area contributed by atoms with Gasteiger partial charge in [0.25, 0.3) is 0 Å². The molecule has 0 aliphatic rings. The lowest BCUT2D eigenvalue weighted by Gasteiger charge is -2.05. The van der Waals surface area contributed by atoms with Gasteiger partial charge in [-0.15, -0.1) is 0 Å². The second-order valence-electron chi connectivity index (χ2n) is 3.06. The third kappa shape index (κ3) is 1.99. The smallest absolute Gasteiger partial charge is 0.213 e. The van der Waals surface area contributed by atoms with Crippen LogP contribution in [0.15, 0.2) is 36.8 Å². The van der Waals surface area contributed by atoms with Crippen molar-refractivity contribution in [3.63, 3.8) is 0 Å². The Bertz CT molecular complexity index is 459. The van der Waals surface area contributed by atoms with E-state index in [1.165, 1.54) is 12.3 Å². The van der Waals surface area contributed by atoms with Gasteiger partial charge in [-0.2, -0.15) is 4.39 Å². The number of hydrogen-bond donors (Lipinski definition) is 1. The molecule has 0 aromatic carbocycles. The number of hydrogen-bond acceptors (Lipinski definition) is 3. The Morgan fingerprint density at radius 1 is 1.33 bits per heavy atom. The molecule has 15 heavy (non-hydrogen) atoms. The van der Waals surface area contributed by atoms with Gasteiger partial charge in [0.15, 0.2) is 0 Å². The Balaban J connectivity index is 2.53. The predicted octanol–water partition coefficient (Wildman–Crippen LogP) is 1.77. The van der Waals surface area contributed by atoms with Crippen LogP contribution < -0.4 is 0 Å². The highest BCUT2D eigenvalue weighted by molar-refractivity contribution is 5.65. The van der Waals surface area contributed by atoms with Gasteiger partial charge in [0, 0.05) is 29.7 Å². The highest BCUT2D eigenvalue weighted by Gasteiger charge is 2.06. The second-order valence-corrected chi connectivity index (χ2v) is 3.06. The summed E-state index contributed by atoms with van der Waals surface area (Å²) in [5.74, 6) is -0.591. The average molecular weight is 204 g/mol. The number of nitrogens with zero attached hydrogens (tertiary/aromatic N) is 2. The number of aliphatic hydroxyl groups excluding tert-OH is 1. The average Bonchev–Trinajstić information content (AvgIpc) is 2.30. The minimum Gasteiger partial charge on any atom is -0.392 e. The summed E-state index contributed by atoms with van der Waals surface area (Å²) in [5, 5.41) is 9.09. The normalized spacial score (nSPS) is 10.3. The Morgan fingerprint density at radius 3 is 2.87 bits per heavy atom. The van der Waals surface area contributed by atoms with Crippen LogP contribution in [0.1, 0.15) is 5.56 Å². The molecule has 2 rings (SSSR count). The maximum Gasteiger partial charge on any atom is 0.213 e. The van der Waals surface area contributed by atoms with Crippen molar-refractivity contribution >= 4 is 0 Å². The van der Waals surface area contributed by atoms with Crippen LogP contribution >= 0.6 is 0 Å². The molecule has 1 N–H and O–H groups in total. The molecule has 0 spiro atoms. The van der Waals surface area contributed by atoms with Gasteiger partial charge in [0.05, 0.1) is 6.61 Å². The predicted molar refractivity (Wildman–Crippen MR) is 53.3 cm³/mol. The molecule has 3 nitrogen and oxygen atoms in total. The minimum atomic E-state index is -0.591. The van der Waals surface area contributed by atoms with Crippen LogP contribution in [0.2, 0.25) is 0 Å². The zero-order valence-corrected chi connectivity index (χ0v) is 7.89. The lowest BCUT2D eigenvalue weighted by Crippen LogP contribution is -1.94. The van der Waals surface area contributed by atoms with Gasteiger partial charge in [0.1, 0.15) is 0 Å². The van der Waals surface area contributed by atoms with Crippen molar-refractivity contribution in [2.75, 3.05) is 0 Å². The molecule has 2 heterocycles. The van der Waals surface area contributed by atoms with Gasteiger partial charge in [0.2, 0.25) is 5.95 Å². The number of halogens is 1. The number of aromatic nitrogens is 2. The van der Waals surface area contributed by atoms with Crippen molar-refractivity contribution in [3.05, 3.63) is 48.3 Å². The Hall–Kier alpha value is -1.81. The van der Waals surface area contributed by atoms with E-state index in [9.17, 15) is 4.39 Å². The minimum absolute atomic E-state index is 0.219. The van der Waals surface area contributed by atoms with Crippen molar-refractivity contribution in [2.24, 2.45) is 0 Å². The SMILES string of the molecule is OCc1cc(F)ncc1-c1cccnc1. The summed E-state index contributed by atoms with van der Waals surface area (Å²) in [5.41, 5.74) is 2.02. The number of pyridine rings is 2. The van der Waals surface area contributed by atoms with Crippen molar-refractivity contribution in [1.82, 2.24) is 9.97 Å². The standard InChI is InChI=1S/C11H9FN2O/c12-11-4-9(7-15)10(6-14-11)8-2-1-3-13-5-8/h1-6,15H,7H2. The van der Waals surface area contributed by atoms with Gasteiger partial charge in [-0.3, -0.25) is 4.98 Å². The van der Waals surface area contributed by atoms with E-state index in [0.29, 0.717) is 11.1 Å². The lowest BCUT2D eigenvalue weighted by atomic mass is 10.0. The highest BCUT2D eigenvalue weighted by atomic mass is 19.1. The molecule has 0 aliphatic heterocycles. The van der Waals surface area contributed by atoms with Crippen molar-refractivity contribution in [3.8, 4) is 11.1 Å². The fraction of sp³-hybridized carbons (Fsp3) is 0.0909. The van der Waals surface area contributed by atoms with Crippen LogP contribution in [0.5, 0.6) is 0 Å². The summed E-state index contributed by atoms with van der Waals surface area (Å²) in [4.78, 5) is 7.51. The molecule has 0 aliphatic carbocycles. The topological polar surface area (TPSA) is 46.0 Å². The number of rotatable bonds is 2. The third-order valence-electron chi connectivity index (χ3n) is 2.10. The molecule has 0 saturated carbocycles. The van der Waals surface area contributed by atoms with Crippen LogP contribution in [0.3, 0.4) is 0 Å². The van der Waals surface area contributed by atoms with Crippen LogP contribution in [0, 0.1) is 5.95 Å². The van der Waals surface area contributed by atoms with Crippen molar-refractivity contribution in [1.29, 1.82) is 0 Å². The van der Waals surface area contributed by atoms with E-state index in [-0.39, 0.29) is 6.61 Å². The Morgan fingerprint density at radius 2 is 2.20 bits per heavy atom. The molecule has 0 amide bonds. The van der Waals surface area contributed by atoms with Crippen LogP contribution in [-0.2, 0) is 6.61 Å². The summed E-state index contributed by atoms with van der Waals surface area (Å²) in [6.07, 6.45) is 4.70. The molecular weight excluding hydrogens is 195 g/mol. The summed E-state index contributed by atoms with van der Waals surface area (Å²) in [7, 11) is 0. The maximum atomic E-state index is 12.8. The summed E-state index contributed by atoms with van der Waals surface area (Å²) in [6.45, 7) is -0.219. The molecule has 76 valence electrons. The first kappa shape index (κ1) is 9.73. The molecule has 0 saturated heterocycles. The molecule has 0 radical (unpaired) electrons. The van der Waals surface area contributed by atoms with Crippen LogP contribution in [0.4, 0.5) is 4.39 Å². The fourth-order valence-corrected chi connectivity index (χ4v) is 1.38. The fourth-order valence-electron chi connectivity index (χ4n) is 1.38. The maximum absolute atomic E-state index is 12.8. The van der Waals surface area contributed by atoms with E-state index in [4.69, 9.17) is 5.11 Å². The third-order valence-corrected chi connectivity index (χ3v) is 2.10. The number of aliphatic hydroxyl groups is 1. The molecule has 0 bridgehead atoms. The van der Waals surface area contributed by atoms with E-state index < -0.39 is 5.95 Å². The first-order valence-corrected chi connectivity index (χ1v) is 4.47. The molecule has 0 atom stereocenters. The summed E-state index contributed by atoms with van der Waals surface area (Å²) >= 11 is 0.